The van der Waals surface area contributed by atoms with Crippen LogP contribution in [0.4, 0.5) is 0 Å². The lowest BCUT2D eigenvalue weighted by atomic mass is 10.3. The summed E-state index contributed by atoms with van der Waals surface area (Å²) in [5.74, 6) is -1.29. The van der Waals surface area contributed by atoms with Crippen LogP contribution in [-0.2, 0) is 25.1 Å². The first-order valence-corrected chi connectivity index (χ1v) is 6.83. The van der Waals surface area contributed by atoms with Gasteiger partial charge in [-0.15, -0.1) is 0 Å². The van der Waals surface area contributed by atoms with Gasteiger partial charge in [-0.05, 0) is 0 Å². The average Bonchev–Trinajstić information content (AvgIpc) is 2.29. The average molecular weight is 263 g/mol. The van der Waals surface area contributed by atoms with Gasteiger partial charge < -0.3 is 14.7 Å². The fourth-order valence-corrected chi connectivity index (χ4v) is 2.55. The predicted molar refractivity (Wildman–Crippen MR) is 62.1 cm³/mol. The van der Waals surface area contributed by atoms with Gasteiger partial charge in [-0.3, -0.25) is 13.8 Å². The topological polar surface area (TPSA) is 83.9 Å². The number of hydrogen-bond donors (Lipinski definition) is 1. The van der Waals surface area contributed by atoms with E-state index >= 15 is 0 Å². The van der Waals surface area contributed by atoms with Gasteiger partial charge in [-0.2, -0.15) is 0 Å². The normalized spacial score (nSPS) is 19.7. The van der Waals surface area contributed by atoms with Crippen molar-refractivity contribution < 1.29 is 23.6 Å². The van der Waals surface area contributed by atoms with Crippen LogP contribution in [0.2, 0.25) is 0 Å². The highest BCUT2D eigenvalue weighted by molar-refractivity contribution is 7.86. The number of ether oxygens (including phenoxy) is 1. The Morgan fingerprint density at radius 2 is 2.00 bits per heavy atom. The third kappa shape index (κ3) is 4.82. The van der Waals surface area contributed by atoms with Gasteiger partial charge in [-0.25, -0.2) is 0 Å². The number of carbonyl (C=O) groups excluding carboxylic acids is 1. The molecular formula is C10H17NO5S. The lowest BCUT2D eigenvalue weighted by molar-refractivity contribution is -0.137. The molecular weight excluding hydrogens is 246 g/mol. The van der Waals surface area contributed by atoms with Crippen LogP contribution in [0.25, 0.3) is 0 Å². The molecule has 0 saturated carbocycles. The molecule has 0 bridgehead atoms. The van der Waals surface area contributed by atoms with Crippen molar-refractivity contribution in [2.75, 3.05) is 32.1 Å². The molecule has 1 heterocycles. The maximum atomic E-state index is 11.7. The summed E-state index contributed by atoms with van der Waals surface area (Å²) >= 11 is 0. The largest absolute Gasteiger partial charge is 0.481 e. The van der Waals surface area contributed by atoms with Gasteiger partial charge in [0.15, 0.2) is 0 Å². The Morgan fingerprint density at radius 1 is 1.41 bits per heavy atom. The number of aliphatic carboxylic acids is 1. The fourth-order valence-electron chi connectivity index (χ4n) is 1.51. The molecule has 1 aliphatic rings. The molecule has 0 spiro atoms. The quantitative estimate of drug-likeness (QED) is 0.720. The van der Waals surface area contributed by atoms with Crippen molar-refractivity contribution in [3.8, 4) is 0 Å². The summed E-state index contributed by atoms with van der Waals surface area (Å²) in [6.07, 6.45) is -0.178. The molecule has 1 rings (SSSR count). The first kappa shape index (κ1) is 14.1. The Labute approximate surface area is 102 Å². The van der Waals surface area contributed by atoms with Gasteiger partial charge >= 0.3 is 5.97 Å². The van der Waals surface area contributed by atoms with Crippen molar-refractivity contribution in [1.82, 2.24) is 4.90 Å². The Hall–Kier alpha value is -0.950. The zero-order valence-corrected chi connectivity index (χ0v) is 10.6. The van der Waals surface area contributed by atoms with Crippen LogP contribution in [-0.4, -0.2) is 63.4 Å². The molecule has 0 aromatic carbocycles. The maximum Gasteiger partial charge on any atom is 0.304 e. The van der Waals surface area contributed by atoms with Crippen molar-refractivity contribution in [2.45, 2.75) is 18.6 Å². The summed E-state index contributed by atoms with van der Waals surface area (Å²) in [6, 6.07) is 0. The zero-order chi connectivity index (χ0) is 12.8. The van der Waals surface area contributed by atoms with E-state index in [0.29, 0.717) is 26.3 Å². The lowest BCUT2D eigenvalue weighted by Crippen LogP contribution is -2.43. The first-order valence-electron chi connectivity index (χ1n) is 5.45. The fraction of sp³-hybridized carbons (Fsp3) is 0.800. The number of amides is 1. The minimum Gasteiger partial charge on any atom is -0.481 e. The molecule has 1 N–H and O–H groups in total. The van der Waals surface area contributed by atoms with Gasteiger partial charge in [0, 0.05) is 29.1 Å². The number of rotatable bonds is 5. The smallest absolute Gasteiger partial charge is 0.304 e. The number of hydrogen-bond acceptors (Lipinski definition) is 4. The Morgan fingerprint density at radius 3 is 2.53 bits per heavy atom. The van der Waals surface area contributed by atoms with E-state index in [1.165, 1.54) is 0 Å². The Balaban J connectivity index is 2.39. The number of morpholine rings is 1. The number of carboxylic acid groups (broad SMARTS) is 1. The van der Waals surface area contributed by atoms with Crippen molar-refractivity contribution >= 4 is 22.7 Å². The van der Waals surface area contributed by atoms with E-state index in [0.717, 1.165) is 0 Å². The highest BCUT2D eigenvalue weighted by Crippen LogP contribution is 2.05. The van der Waals surface area contributed by atoms with E-state index < -0.39 is 22.0 Å². The monoisotopic (exact) mass is 263 g/mol. The second-order valence-corrected chi connectivity index (χ2v) is 5.78. The molecule has 0 aliphatic carbocycles. The molecule has 0 aromatic rings. The van der Waals surface area contributed by atoms with E-state index in [4.69, 9.17) is 9.84 Å². The van der Waals surface area contributed by atoms with E-state index in [9.17, 15) is 13.8 Å². The second-order valence-electron chi connectivity index (χ2n) is 3.93. The summed E-state index contributed by atoms with van der Waals surface area (Å²) in [4.78, 5) is 23.8. The maximum absolute atomic E-state index is 11.7. The summed E-state index contributed by atoms with van der Waals surface area (Å²) in [6.45, 7) is 3.62. The zero-order valence-electron chi connectivity index (χ0n) is 9.76. The van der Waals surface area contributed by atoms with Crippen LogP contribution >= 0.6 is 0 Å². The molecule has 1 saturated heterocycles. The van der Waals surface area contributed by atoms with Crippen LogP contribution in [0.15, 0.2) is 0 Å². The Bertz CT molecular complexity index is 314. The SMILES string of the molecule is CC(CC(=O)O)S(=O)CC(=O)N1CCOCC1. The van der Waals surface area contributed by atoms with Crippen LogP contribution in [0.3, 0.4) is 0 Å². The first-order chi connectivity index (χ1) is 8.00. The molecule has 0 radical (unpaired) electrons. The van der Waals surface area contributed by atoms with Gasteiger partial charge in [0.25, 0.3) is 0 Å². The highest BCUT2D eigenvalue weighted by Gasteiger charge is 2.22. The van der Waals surface area contributed by atoms with Gasteiger partial charge in [-0.1, -0.05) is 6.92 Å². The van der Waals surface area contributed by atoms with Crippen LogP contribution < -0.4 is 0 Å². The van der Waals surface area contributed by atoms with Crippen LogP contribution in [0.1, 0.15) is 13.3 Å². The van der Waals surface area contributed by atoms with E-state index in [2.05, 4.69) is 0 Å². The van der Waals surface area contributed by atoms with Crippen LogP contribution in [0.5, 0.6) is 0 Å². The third-order valence-electron chi connectivity index (χ3n) is 2.54. The van der Waals surface area contributed by atoms with Crippen molar-refractivity contribution in [2.24, 2.45) is 0 Å². The standard InChI is InChI=1S/C10H17NO5S/c1-8(6-10(13)14)17(15)7-9(12)11-2-4-16-5-3-11/h8H,2-7H2,1H3,(H,13,14). The highest BCUT2D eigenvalue weighted by atomic mass is 32.2. The molecule has 6 nitrogen and oxygen atoms in total. The molecule has 98 valence electrons. The van der Waals surface area contributed by atoms with Crippen molar-refractivity contribution in [3.05, 3.63) is 0 Å². The Kier molecular flexibility index (Phi) is 5.57. The lowest BCUT2D eigenvalue weighted by Gasteiger charge is -2.27. The molecule has 2 unspecified atom stereocenters. The number of nitrogens with zero attached hydrogens (tertiary/aromatic N) is 1. The minimum absolute atomic E-state index is 0.103. The second kappa shape index (κ2) is 6.70. The molecule has 2 atom stereocenters. The van der Waals surface area contributed by atoms with Gasteiger partial charge in [0.1, 0.15) is 5.75 Å². The van der Waals surface area contributed by atoms with E-state index in [1.807, 2.05) is 0 Å². The van der Waals surface area contributed by atoms with Gasteiger partial charge in [0.2, 0.25) is 5.91 Å². The molecule has 17 heavy (non-hydrogen) atoms. The minimum atomic E-state index is -1.43. The van der Waals surface area contributed by atoms with Crippen LogP contribution in [0, 0.1) is 0 Å². The predicted octanol–water partition coefficient (Wildman–Crippen LogP) is -0.543. The number of carbonyl (C=O) groups is 2. The van der Waals surface area contributed by atoms with Crippen molar-refractivity contribution in [1.29, 1.82) is 0 Å². The molecule has 1 aliphatic heterocycles. The summed E-state index contributed by atoms with van der Waals surface area (Å²) in [5, 5.41) is 8.07. The summed E-state index contributed by atoms with van der Waals surface area (Å²) in [5.41, 5.74) is 0. The molecule has 0 aromatic heterocycles. The van der Waals surface area contributed by atoms with Gasteiger partial charge in [0.05, 0.1) is 19.6 Å². The molecule has 1 amide bonds. The third-order valence-corrected chi connectivity index (χ3v) is 4.14. The number of carboxylic acids is 1. The molecule has 1 fully saturated rings. The van der Waals surface area contributed by atoms with E-state index in [-0.39, 0.29) is 18.1 Å². The summed E-state index contributed by atoms with van der Waals surface area (Å²) < 4.78 is 16.8. The summed E-state index contributed by atoms with van der Waals surface area (Å²) in [7, 11) is -1.43. The van der Waals surface area contributed by atoms with Crippen molar-refractivity contribution in [3.63, 3.8) is 0 Å². The molecule has 7 heteroatoms. The van der Waals surface area contributed by atoms with E-state index in [1.54, 1.807) is 11.8 Å².